The summed E-state index contributed by atoms with van der Waals surface area (Å²) in [6, 6.07) is 5.55. The Balaban J connectivity index is 1.90. The van der Waals surface area contributed by atoms with E-state index in [0.29, 0.717) is 24.0 Å². The Bertz CT molecular complexity index is 1000. The average molecular weight is 439 g/mol. The molecule has 0 aliphatic heterocycles. The molecule has 4 unspecified atom stereocenters. The minimum atomic E-state index is -1.32. The van der Waals surface area contributed by atoms with Gasteiger partial charge in [-0.05, 0) is 31.0 Å². The van der Waals surface area contributed by atoms with E-state index in [0.717, 1.165) is 6.07 Å². The third kappa shape index (κ3) is 4.08. The fourth-order valence-corrected chi connectivity index (χ4v) is 4.22. The van der Waals surface area contributed by atoms with E-state index < -0.39 is 29.0 Å². The molecule has 1 amide bonds. The van der Waals surface area contributed by atoms with Crippen molar-refractivity contribution in [2.75, 3.05) is 5.73 Å². The van der Waals surface area contributed by atoms with Crippen molar-refractivity contribution in [2.24, 2.45) is 0 Å². The lowest BCUT2D eigenvalue weighted by Gasteiger charge is -2.22. The maximum atomic E-state index is 14.8. The highest BCUT2D eigenvalue weighted by Gasteiger charge is 2.51. The maximum Gasteiger partial charge on any atom is 0.255 e. The molecule has 29 heavy (non-hydrogen) atoms. The number of nitrogens with zero attached hydrogens (tertiary/aromatic N) is 1. The molecule has 3 N–H and O–H groups in total. The molecule has 156 valence electrons. The predicted molar refractivity (Wildman–Crippen MR) is 117 cm³/mol. The van der Waals surface area contributed by atoms with Crippen molar-refractivity contribution in [3.63, 3.8) is 0 Å². The van der Waals surface area contributed by atoms with Crippen LogP contribution in [0.2, 0.25) is 0 Å². The summed E-state index contributed by atoms with van der Waals surface area (Å²) in [4.78, 5) is 25.1. The number of pyridine rings is 1. The molecule has 1 saturated carbocycles. The van der Waals surface area contributed by atoms with E-state index >= 15 is 0 Å². The Morgan fingerprint density at radius 3 is 2.45 bits per heavy atom. The lowest BCUT2D eigenvalue weighted by molar-refractivity contribution is 0.0939. The minimum Gasteiger partial charge on any atom is -0.398 e. The number of amides is 1. The van der Waals surface area contributed by atoms with Gasteiger partial charge in [-0.15, -0.1) is 9.24 Å². The molecule has 5 nitrogen and oxygen atoms in total. The number of hydrogen-bond donors (Lipinski definition) is 2. The zero-order chi connectivity index (χ0) is 21.5. The van der Waals surface area contributed by atoms with Crippen molar-refractivity contribution in [3.05, 3.63) is 63.3 Å². The highest BCUT2D eigenvalue weighted by Crippen LogP contribution is 2.49. The number of halogens is 2. The number of carbonyl (C=O) groups is 1. The lowest BCUT2D eigenvalue weighted by Crippen LogP contribution is -2.37. The third-order valence-electron chi connectivity index (χ3n) is 5.45. The summed E-state index contributed by atoms with van der Waals surface area (Å²) in [6.45, 7) is 3.53. The second-order valence-electron chi connectivity index (χ2n) is 7.59. The molecule has 0 bridgehead atoms. The average Bonchev–Trinajstić information content (AvgIpc) is 3.43. The normalized spacial score (nSPS) is 18.0. The predicted octanol–water partition coefficient (Wildman–Crippen LogP) is 3.66. The summed E-state index contributed by atoms with van der Waals surface area (Å²) in [5.74, 6) is -2.24. The van der Waals surface area contributed by atoms with Crippen molar-refractivity contribution in [3.8, 4) is 0 Å². The van der Waals surface area contributed by atoms with Gasteiger partial charge in [0, 0.05) is 17.8 Å². The monoisotopic (exact) mass is 439 g/mol. The van der Waals surface area contributed by atoms with Gasteiger partial charge in [0.15, 0.2) is 0 Å². The molecule has 9 heteroatoms. The van der Waals surface area contributed by atoms with Gasteiger partial charge < -0.3 is 15.6 Å². The van der Waals surface area contributed by atoms with Gasteiger partial charge in [0.05, 0.1) is 22.8 Å². The van der Waals surface area contributed by atoms with Crippen molar-refractivity contribution < 1.29 is 13.6 Å². The van der Waals surface area contributed by atoms with Crippen LogP contribution in [-0.4, -0.2) is 16.4 Å². The van der Waals surface area contributed by atoms with Crippen LogP contribution in [0.1, 0.15) is 59.9 Å². The van der Waals surface area contributed by atoms with Crippen LogP contribution in [0.5, 0.6) is 0 Å². The Labute approximate surface area is 172 Å². The molecule has 0 saturated heterocycles. The summed E-state index contributed by atoms with van der Waals surface area (Å²) in [5, 5.41) is 2.73. The number of aromatic nitrogens is 1. The number of alkyl halides is 1. The fraction of sp³-hybridized carbons (Fsp3) is 0.400. The van der Waals surface area contributed by atoms with Crippen LogP contribution in [0.4, 0.5) is 14.5 Å². The topological polar surface area (TPSA) is 77.1 Å². The van der Waals surface area contributed by atoms with Crippen LogP contribution in [0.25, 0.3) is 0 Å². The quantitative estimate of drug-likeness (QED) is 0.675. The Morgan fingerprint density at radius 2 is 1.90 bits per heavy atom. The number of rotatable bonds is 6. The van der Waals surface area contributed by atoms with E-state index in [2.05, 4.69) is 23.8 Å². The highest BCUT2D eigenvalue weighted by molar-refractivity contribution is 7.17. The molecule has 2 aromatic rings. The molecule has 1 aromatic heterocycles. The van der Waals surface area contributed by atoms with E-state index in [-0.39, 0.29) is 22.7 Å². The Kier molecular flexibility index (Phi) is 6.12. The first-order valence-corrected chi connectivity index (χ1v) is 10.7. The first-order chi connectivity index (χ1) is 13.6. The lowest BCUT2D eigenvalue weighted by atomic mass is 10.0. The number of carbonyl (C=O) groups excluding carboxylic acids is 1. The van der Waals surface area contributed by atoms with Crippen molar-refractivity contribution in [2.45, 2.75) is 49.8 Å². The smallest absolute Gasteiger partial charge is 0.255 e. The first kappa shape index (κ1) is 21.9. The molecule has 1 aliphatic carbocycles. The van der Waals surface area contributed by atoms with Crippen LogP contribution in [-0.2, 0) is 5.54 Å². The van der Waals surface area contributed by atoms with Crippen LogP contribution in [0.3, 0.4) is 0 Å². The molecule has 1 aliphatic rings. The number of hydrogen-bond acceptors (Lipinski definition) is 3. The SMILES string of the molecule is CC(P)c1cccc([C@@H](C)NC(=O)c2cn(C3(C(F)P)CC3)c(=O)cc2N)c1F. The van der Waals surface area contributed by atoms with Gasteiger partial charge >= 0.3 is 0 Å². The second-order valence-corrected chi connectivity index (χ2v) is 9.18. The number of benzene rings is 1. The Hall–Kier alpha value is -1.84. The first-order valence-electron chi connectivity index (χ1n) is 9.35. The van der Waals surface area contributed by atoms with Gasteiger partial charge in [-0.2, -0.15) is 0 Å². The summed E-state index contributed by atoms with van der Waals surface area (Å²) in [6.07, 6.45) is 2.31. The summed E-state index contributed by atoms with van der Waals surface area (Å²) in [5.41, 5.74) is 5.35. The molecule has 1 heterocycles. The van der Waals surface area contributed by atoms with Gasteiger partial charge in [-0.25, -0.2) is 8.78 Å². The molecular formula is C20H25F2N3O2P2. The summed E-state index contributed by atoms with van der Waals surface area (Å²) < 4.78 is 30.1. The van der Waals surface area contributed by atoms with Crippen molar-refractivity contribution in [1.82, 2.24) is 9.88 Å². The van der Waals surface area contributed by atoms with Gasteiger partial charge in [0.1, 0.15) is 11.7 Å². The van der Waals surface area contributed by atoms with Crippen LogP contribution >= 0.6 is 18.5 Å². The largest absolute Gasteiger partial charge is 0.398 e. The Morgan fingerprint density at radius 1 is 1.28 bits per heavy atom. The molecule has 0 spiro atoms. The van der Waals surface area contributed by atoms with E-state index in [4.69, 9.17) is 5.73 Å². The fourth-order valence-electron chi connectivity index (χ4n) is 3.47. The van der Waals surface area contributed by atoms with Gasteiger partial charge in [0.2, 0.25) is 0 Å². The number of nitrogens with two attached hydrogens (primary N) is 1. The van der Waals surface area contributed by atoms with Crippen LogP contribution in [0.15, 0.2) is 35.3 Å². The maximum absolute atomic E-state index is 14.8. The molecule has 0 radical (unpaired) electrons. The molecule has 5 atom stereocenters. The van der Waals surface area contributed by atoms with E-state index in [1.807, 2.05) is 6.92 Å². The van der Waals surface area contributed by atoms with E-state index in [1.165, 1.54) is 10.8 Å². The van der Waals surface area contributed by atoms with E-state index in [9.17, 15) is 18.4 Å². The zero-order valence-corrected chi connectivity index (χ0v) is 18.6. The highest BCUT2D eigenvalue weighted by atomic mass is 31.0. The zero-order valence-electron chi connectivity index (χ0n) is 16.3. The second kappa shape index (κ2) is 8.12. The van der Waals surface area contributed by atoms with Gasteiger partial charge in [0.25, 0.3) is 11.5 Å². The standard InChI is InChI=1S/C20H25F2N3O2P2/c1-10(12-4-3-5-13(11(2)28)17(12)21)24-18(27)14-9-25(16(26)8-15(14)23)20(6-7-20)19(22)29/h3-5,8-11,19H,6-7,23,28-29H2,1-2H3,(H,24,27)/t10-,11?,19?/m1/s1. The summed E-state index contributed by atoms with van der Waals surface area (Å²) >= 11 is 0. The van der Waals surface area contributed by atoms with Gasteiger partial charge in [-0.3, -0.25) is 9.59 Å². The van der Waals surface area contributed by atoms with E-state index in [1.54, 1.807) is 25.1 Å². The third-order valence-corrected chi connectivity index (χ3v) is 6.43. The minimum absolute atomic E-state index is 0.00119. The molecule has 3 rings (SSSR count). The molecule has 1 aromatic carbocycles. The number of nitrogens with one attached hydrogen (secondary N) is 1. The van der Waals surface area contributed by atoms with Gasteiger partial charge in [-0.1, -0.05) is 34.4 Å². The molecule has 1 fully saturated rings. The van der Waals surface area contributed by atoms with Crippen LogP contribution < -0.4 is 16.6 Å². The number of anilines is 1. The van der Waals surface area contributed by atoms with Crippen LogP contribution in [0, 0.1) is 5.82 Å². The van der Waals surface area contributed by atoms with Crippen molar-refractivity contribution in [1.29, 1.82) is 0 Å². The van der Waals surface area contributed by atoms with Crippen molar-refractivity contribution >= 4 is 30.1 Å². The molecular weight excluding hydrogens is 414 g/mol. The number of nitrogen functional groups attached to an aromatic ring is 1. The summed E-state index contributed by atoms with van der Waals surface area (Å²) in [7, 11) is 4.62.